The van der Waals surface area contributed by atoms with E-state index < -0.39 is 0 Å². The topological polar surface area (TPSA) is 28.2 Å². The third kappa shape index (κ3) is 3.47. The van der Waals surface area contributed by atoms with Crippen molar-refractivity contribution in [2.24, 2.45) is 11.8 Å². The predicted molar refractivity (Wildman–Crippen MR) is 81.5 cm³/mol. The van der Waals surface area contributed by atoms with Crippen molar-refractivity contribution in [1.29, 1.82) is 0 Å². The highest BCUT2D eigenvalue weighted by molar-refractivity contribution is 5.41. The molecule has 0 saturated carbocycles. The Labute approximate surface area is 117 Å². The molecule has 3 heteroatoms. The van der Waals surface area contributed by atoms with Crippen LogP contribution in [0.3, 0.4) is 0 Å². The van der Waals surface area contributed by atoms with Gasteiger partial charge in [0, 0.05) is 25.3 Å². The summed E-state index contributed by atoms with van der Waals surface area (Å²) in [6, 6.07) is 4.77. The van der Waals surface area contributed by atoms with Crippen LogP contribution in [0, 0.1) is 11.8 Å². The van der Waals surface area contributed by atoms with Crippen molar-refractivity contribution in [3.63, 3.8) is 0 Å². The second kappa shape index (κ2) is 6.38. The van der Waals surface area contributed by atoms with E-state index in [1.165, 1.54) is 12.0 Å². The van der Waals surface area contributed by atoms with Gasteiger partial charge in [0.1, 0.15) is 5.82 Å². The Morgan fingerprint density at radius 3 is 2.53 bits per heavy atom. The Morgan fingerprint density at radius 1 is 1.32 bits per heavy atom. The van der Waals surface area contributed by atoms with Gasteiger partial charge in [0.25, 0.3) is 0 Å². The molecule has 106 valence electrons. The summed E-state index contributed by atoms with van der Waals surface area (Å²) in [4.78, 5) is 7.05. The number of hydrogen-bond acceptors (Lipinski definition) is 3. The number of rotatable bonds is 5. The number of pyridine rings is 1. The van der Waals surface area contributed by atoms with Crippen LogP contribution in [0.2, 0.25) is 0 Å². The molecule has 1 aromatic heterocycles. The van der Waals surface area contributed by atoms with Crippen molar-refractivity contribution in [1.82, 2.24) is 10.3 Å². The van der Waals surface area contributed by atoms with E-state index in [2.05, 4.69) is 55.0 Å². The molecular formula is C16H27N3. The first kappa shape index (κ1) is 14.3. The zero-order valence-electron chi connectivity index (χ0n) is 12.7. The molecule has 0 amide bonds. The highest BCUT2D eigenvalue weighted by Crippen LogP contribution is 2.26. The molecule has 1 fully saturated rings. The molecule has 0 aliphatic carbocycles. The lowest BCUT2D eigenvalue weighted by atomic mass is 10.0. The average molecular weight is 261 g/mol. The average Bonchev–Trinajstić information content (AvgIpc) is 2.76. The first-order chi connectivity index (χ1) is 9.11. The lowest BCUT2D eigenvalue weighted by Crippen LogP contribution is -2.22. The molecule has 3 atom stereocenters. The fourth-order valence-corrected chi connectivity index (χ4v) is 2.64. The van der Waals surface area contributed by atoms with Crippen molar-refractivity contribution in [3.8, 4) is 0 Å². The van der Waals surface area contributed by atoms with Gasteiger partial charge in [0.2, 0.25) is 0 Å². The largest absolute Gasteiger partial charge is 0.356 e. The van der Waals surface area contributed by atoms with E-state index in [9.17, 15) is 0 Å². The Balaban J connectivity index is 1.98. The highest BCUT2D eigenvalue weighted by atomic mass is 15.2. The van der Waals surface area contributed by atoms with E-state index in [1.807, 2.05) is 6.20 Å². The minimum Gasteiger partial charge on any atom is -0.356 e. The summed E-state index contributed by atoms with van der Waals surface area (Å²) in [7, 11) is 0. The number of anilines is 1. The van der Waals surface area contributed by atoms with Gasteiger partial charge in [0.05, 0.1) is 0 Å². The SMILES string of the molecule is CCCNC(C)c1ccc(N2CC(C)C(C)C2)nc1. The summed E-state index contributed by atoms with van der Waals surface area (Å²) in [5.74, 6) is 2.67. The van der Waals surface area contributed by atoms with Crippen LogP contribution in [0.15, 0.2) is 18.3 Å². The maximum atomic E-state index is 4.64. The number of nitrogens with zero attached hydrogens (tertiary/aromatic N) is 2. The molecular weight excluding hydrogens is 234 g/mol. The van der Waals surface area contributed by atoms with E-state index in [-0.39, 0.29) is 0 Å². The predicted octanol–water partition coefficient (Wildman–Crippen LogP) is 3.23. The van der Waals surface area contributed by atoms with E-state index in [0.29, 0.717) is 6.04 Å². The van der Waals surface area contributed by atoms with Crippen molar-refractivity contribution < 1.29 is 0 Å². The second-order valence-electron chi connectivity index (χ2n) is 5.99. The lowest BCUT2D eigenvalue weighted by molar-refractivity contribution is 0.494. The van der Waals surface area contributed by atoms with Crippen LogP contribution >= 0.6 is 0 Å². The normalized spacial score (nSPS) is 24.7. The Bertz CT molecular complexity index is 377. The summed E-state index contributed by atoms with van der Waals surface area (Å²) in [6.45, 7) is 12.4. The molecule has 2 heterocycles. The molecule has 2 rings (SSSR count). The van der Waals surface area contributed by atoms with E-state index in [1.54, 1.807) is 0 Å². The fraction of sp³-hybridized carbons (Fsp3) is 0.688. The third-order valence-electron chi connectivity index (χ3n) is 4.28. The molecule has 3 nitrogen and oxygen atoms in total. The van der Waals surface area contributed by atoms with Gasteiger partial charge in [-0.05, 0) is 43.4 Å². The molecule has 1 aliphatic rings. The van der Waals surface area contributed by atoms with Crippen LogP contribution < -0.4 is 10.2 Å². The summed E-state index contributed by atoms with van der Waals surface area (Å²) < 4.78 is 0. The first-order valence-electron chi connectivity index (χ1n) is 7.56. The van der Waals surface area contributed by atoms with E-state index in [0.717, 1.165) is 37.3 Å². The quantitative estimate of drug-likeness (QED) is 0.882. The summed E-state index contributed by atoms with van der Waals surface area (Å²) >= 11 is 0. The highest BCUT2D eigenvalue weighted by Gasteiger charge is 2.26. The zero-order chi connectivity index (χ0) is 13.8. The van der Waals surface area contributed by atoms with Gasteiger partial charge in [-0.1, -0.05) is 26.8 Å². The molecule has 1 aromatic rings. The van der Waals surface area contributed by atoms with Crippen molar-refractivity contribution in [3.05, 3.63) is 23.9 Å². The first-order valence-corrected chi connectivity index (χ1v) is 7.56. The van der Waals surface area contributed by atoms with Gasteiger partial charge < -0.3 is 10.2 Å². The maximum Gasteiger partial charge on any atom is 0.128 e. The van der Waals surface area contributed by atoms with Crippen LogP contribution in [-0.4, -0.2) is 24.6 Å². The van der Waals surface area contributed by atoms with E-state index in [4.69, 9.17) is 0 Å². The van der Waals surface area contributed by atoms with Gasteiger partial charge in [-0.3, -0.25) is 0 Å². The summed E-state index contributed by atoms with van der Waals surface area (Å²) in [5.41, 5.74) is 1.28. The molecule has 0 bridgehead atoms. The third-order valence-corrected chi connectivity index (χ3v) is 4.28. The molecule has 0 spiro atoms. The smallest absolute Gasteiger partial charge is 0.128 e. The minimum absolute atomic E-state index is 0.387. The molecule has 1 aliphatic heterocycles. The second-order valence-corrected chi connectivity index (χ2v) is 5.99. The van der Waals surface area contributed by atoms with Crippen molar-refractivity contribution in [2.75, 3.05) is 24.5 Å². The van der Waals surface area contributed by atoms with Gasteiger partial charge in [-0.25, -0.2) is 4.98 Å². The van der Waals surface area contributed by atoms with Gasteiger partial charge in [0.15, 0.2) is 0 Å². The van der Waals surface area contributed by atoms with Crippen LogP contribution in [0.4, 0.5) is 5.82 Å². The Morgan fingerprint density at radius 2 is 2.00 bits per heavy atom. The van der Waals surface area contributed by atoms with Crippen LogP contribution in [0.1, 0.15) is 45.7 Å². The van der Waals surface area contributed by atoms with Crippen LogP contribution in [-0.2, 0) is 0 Å². The van der Waals surface area contributed by atoms with Crippen LogP contribution in [0.25, 0.3) is 0 Å². The molecule has 1 saturated heterocycles. The standard InChI is InChI=1S/C16H27N3/c1-5-8-17-14(4)15-6-7-16(18-9-15)19-10-12(2)13(3)11-19/h6-7,9,12-14,17H,5,8,10-11H2,1-4H3. The Kier molecular flexibility index (Phi) is 4.81. The minimum atomic E-state index is 0.387. The lowest BCUT2D eigenvalue weighted by Gasteiger charge is -2.19. The summed E-state index contributed by atoms with van der Waals surface area (Å²) in [5, 5.41) is 3.50. The zero-order valence-corrected chi connectivity index (χ0v) is 12.7. The fourth-order valence-electron chi connectivity index (χ4n) is 2.64. The molecule has 1 N–H and O–H groups in total. The van der Waals surface area contributed by atoms with Gasteiger partial charge in [-0.15, -0.1) is 0 Å². The van der Waals surface area contributed by atoms with Crippen LogP contribution in [0.5, 0.6) is 0 Å². The number of aromatic nitrogens is 1. The maximum absolute atomic E-state index is 4.64. The van der Waals surface area contributed by atoms with Crippen molar-refractivity contribution in [2.45, 2.75) is 40.2 Å². The molecule has 19 heavy (non-hydrogen) atoms. The summed E-state index contributed by atoms with van der Waals surface area (Å²) in [6.07, 6.45) is 3.19. The van der Waals surface area contributed by atoms with Gasteiger partial charge in [-0.2, -0.15) is 0 Å². The van der Waals surface area contributed by atoms with Crippen molar-refractivity contribution >= 4 is 5.82 Å². The number of nitrogens with one attached hydrogen (secondary N) is 1. The van der Waals surface area contributed by atoms with Gasteiger partial charge >= 0.3 is 0 Å². The molecule has 0 radical (unpaired) electrons. The Hall–Kier alpha value is -1.09. The number of hydrogen-bond donors (Lipinski definition) is 1. The monoisotopic (exact) mass is 261 g/mol. The molecule has 0 aromatic carbocycles. The molecule has 3 unspecified atom stereocenters. The van der Waals surface area contributed by atoms with E-state index >= 15 is 0 Å².